The van der Waals surface area contributed by atoms with E-state index in [9.17, 15) is 9.59 Å². The first-order valence-electron chi connectivity index (χ1n) is 5.47. The van der Waals surface area contributed by atoms with Gasteiger partial charge >= 0.3 is 0 Å². The molecule has 0 radical (unpaired) electrons. The molecule has 1 heterocycles. The van der Waals surface area contributed by atoms with Crippen LogP contribution >= 0.6 is 27.5 Å². The molecule has 0 aliphatic carbocycles. The van der Waals surface area contributed by atoms with Gasteiger partial charge in [-0.3, -0.25) is 9.59 Å². The van der Waals surface area contributed by atoms with Crippen molar-refractivity contribution in [3.8, 4) is 0 Å². The number of halogens is 2. The summed E-state index contributed by atoms with van der Waals surface area (Å²) in [7, 11) is 1.72. The van der Waals surface area contributed by atoms with E-state index in [0.29, 0.717) is 23.6 Å². The first kappa shape index (κ1) is 13.4. The molecule has 0 saturated carbocycles. The summed E-state index contributed by atoms with van der Waals surface area (Å²) in [6.07, 6.45) is 0.344. The van der Waals surface area contributed by atoms with Gasteiger partial charge in [0.25, 0.3) is 5.91 Å². The molecule has 1 fully saturated rings. The standard InChI is InChI=1S/C12H12BrClN2O2/c1-16-6-8(5-11(16)17)15-12(18)9-3-2-7(13)4-10(9)14/h2-4,8H,5-6H2,1H3,(H,15,18)/t8-/m0/s1. The molecule has 18 heavy (non-hydrogen) atoms. The Morgan fingerprint density at radius 1 is 1.56 bits per heavy atom. The van der Waals surface area contributed by atoms with Gasteiger partial charge in [-0.1, -0.05) is 27.5 Å². The number of likely N-dealkylation sites (N-methyl/N-ethyl adjacent to an activating group) is 1. The van der Waals surface area contributed by atoms with Crippen LogP contribution in [0.15, 0.2) is 22.7 Å². The van der Waals surface area contributed by atoms with E-state index in [1.807, 2.05) is 0 Å². The highest BCUT2D eigenvalue weighted by Crippen LogP contribution is 2.21. The van der Waals surface area contributed by atoms with Gasteiger partial charge in [-0.15, -0.1) is 0 Å². The Morgan fingerprint density at radius 2 is 2.28 bits per heavy atom. The summed E-state index contributed by atoms with van der Waals surface area (Å²) in [5.41, 5.74) is 0.418. The third-order valence-corrected chi connectivity index (χ3v) is 3.66. The molecule has 2 rings (SSSR count). The third kappa shape index (κ3) is 2.84. The zero-order chi connectivity index (χ0) is 13.3. The molecular formula is C12H12BrClN2O2. The minimum Gasteiger partial charge on any atom is -0.347 e. The Bertz CT molecular complexity index is 507. The van der Waals surface area contributed by atoms with Gasteiger partial charge in [-0.05, 0) is 18.2 Å². The van der Waals surface area contributed by atoms with Gasteiger partial charge in [0.1, 0.15) is 0 Å². The van der Waals surface area contributed by atoms with Crippen molar-refractivity contribution in [3.63, 3.8) is 0 Å². The maximum Gasteiger partial charge on any atom is 0.253 e. The Morgan fingerprint density at radius 3 is 2.83 bits per heavy atom. The van der Waals surface area contributed by atoms with E-state index < -0.39 is 0 Å². The Hall–Kier alpha value is -1.07. The zero-order valence-electron chi connectivity index (χ0n) is 9.74. The van der Waals surface area contributed by atoms with Crippen LogP contribution in [-0.2, 0) is 4.79 Å². The molecule has 1 aliphatic rings. The first-order chi connectivity index (χ1) is 8.47. The number of nitrogens with one attached hydrogen (secondary N) is 1. The summed E-state index contributed by atoms with van der Waals surface area (Å²) in [6, 6.07) is 4.94. The Labute approximate surface area is 118 Å². The second kappa shape index (κ2) is 5.28. The highest BCUT2D eigenvalue weighted by atomic mass is 79.9. The highest BCUT2D eigenvalue weighted by molar-refractivity contribution is 9.10. The summed E-state index contributed by atoms with van der Waals surface area (Å²) in [6.45, 7) is 0.540. The number of benzene rings is 1. The van der Waals surface area contributed by atoms with Gasteiger partial charge in [-0.25, -0.2) is 0 Å². The molecule has 0 bridgehead atoms. The average molecular weight is 332 g/mol. The maximum atomic E-state index is 12.0. The molecule has 1 aromatic carbocycles. The number of carbonyl (C=O) groups is 2. The van der Waals surface area contributed by atoms with Crippen LogP contribution in [0, 0.1) is 0 Å². The second-order valence-electron chi connectivity index (χ2n) is 4.27. The van der Waals surface area contributed by atoms with Gasteiger partial charge < -0.3 is 10.2 Å². The van der Waals surface area contributed by atoms with E-state index in [2.05, 4.69) is 21.2 Å². The van der Waals surface area contributed by atoms with Gasteiger partial charge in [0.05, 0.1) is 16.6 Å². The van der Waals surface area contributed by atoms with Crippen molar-refractivity contribution >= 4 is 39.3 Å². The fourth-order valence-electron chi connectivity index (χ4n) is 1.90. The van der Waals surface area contributed by atoms with E-state index in [-0.39, 0.29) is 17.9 Å². The van der Waals surface area contributed by atoms with Crippen molar-refractivity contribution in [1.29, 1.82) is 0 Å². The summed E-state index contributed by atoms with van der Waals surface area (Å²) in [5.74, 6) is -0.206. The molecule has 1 N–H and O–H groups in total. The first-order valence-corrected chi connectivity index (χ1v) is 6.64. The number of hydrogen-bond acceptors (Lipinski definition) is 2. The molecule has 2 amide bonds. The van der Waals surface area contributed by atoms with Crippen molar-refractivity contribution in [3.05, 3.63) is 33.3 Å². The van der Waals surface area contributed by atoms with Gasteiger partial charge in [0, 0.05) is 24.5 Å². The fraction of sp³-hybridized carbons (Fsp3) is 0.333. The number of nitrogens with zero attached hydrogens (tertiary/aromatic N) is 1. The van der Waals surface area contributed by atoms with Gasteiger partial charge in [0.2, 0.25) is 5.91 Å². The molecule has 4 nitrogen and oxygen atoms in total. The summed E-state index contributed by atoms with van der Waals surface area (Å²) >= 11 is 9.28. The van der Waals surface area contributed by atoms with Crippen LogP contribution in [0.3, 0.4) is 0 Å². The van der Waals surface area contributed by atoms with Crippen LogP contribution < -0.4 is 5.32 Å². The minimum atomic E-state index is -0.249. The lowest BCUT2D eigenvalue weighted by atomic mass is 10.2. The van der Waals surface area contributed by atoms with Gasteiger partial charge in [0.15, 0.2) is 0 Å². The lowest BCUT2D eigenvalue weighted by Gasteiger charge is -2.13. The predicted octanol–water partition coefficient (Wildman–Crippen LogP) is 2.06. The molecule has 0 spiro atoms. The highest BCUT2D eigenvalue weighted by Gasteiger charge is 2.28. The van der Waals surface area contributed by atoms with E-state index in [1.54, 1.807) is 30.1 Å². The van der Waals surface area contributed by atoms with Crippen LogP contribution in [0.1, 0.15) is 16.8 Å². The second-order valence-corrected chi connectivity index (χ2v) is 5.60. The number of likely N-dealkylation sites (tertiary alicyclic amines) is 1. The molecular weight excluding hydrogens is 320 g/mol. The van der Waals surface area contributed by atoms with Crippen LogP contribution in [0.5, 0.6) is 0 Å². The molecule has 96 valence electrons. The Balaban J connectivity index is 2.06. The molecule has 1 aromatic rings. The van der Waals surface area contributed by atoms with Crippen molar-refractivity contribution in [2.45, 2.75) is 12.5 Å². The van der Waals surface area contributed by atoms with Crippen LogP contribution in [0.25, 0.3) is 0 Å². The molecule has 0 aromatic heterocycles. The lowest BCUT2D eigenvalue weighted by Crippen LogP contribution is -2.36. The van der Waals surface area contributed by atoms with Crippen LogP contribution in [0.2, 0.25) is 5.02 Å². The molecule has 1 saturated heterocycles. The molecule has 0 unspecified atom stereocenters. The van der Waals surface area contributed by atoms with Crippen LogP contribution in [-0.4, -0.2) is 36.3 Å². The van der Waals surface area contributed by atoms with Crippen molar-refractivity contribution in [2.75, 3.05) is 13.6 Å². The normalized spacial score (nSPS) is 19.2. The van der Waals surface area contributed by atoms with Crippen molar-refractivity contribution in [2.24, 2.45) is 0 Å². The quantitative estimate of drug-likeness (QED) is 0.902. The van der Waals surface area contributed by atoms with E-state index in [1.165, 1.54) is 0 Å². The fourth-order valence-corrected chi connectivity index (χ4v) is 2.66. The SMILES string of the molecule is CN1C[C@@H](NC(=O)c2ccc(Br)cc2Cl)CC1=O. The Kier molecular flexibility index (Phi) is 3.92. The van der Waals surface area contributed by atoms with E-state index in [4.69, 9.17) is 11.6 Å². The predicted molar refractivity (Wildman–Crippen MR) is 72.7 cm³/mol. The smallest absolute Gasteiger partial charge is 0.253 e. The van der Waals surface area contributed by atoms with E-state index >= 15 is 0 Å². The van der Waals surface area contributed by atoms with Crippen molar-refractivity contribution in [1.82, 2.24) is 10.2 Å². The van der Waals surface area contributed by atoms with Crippen molar-refractivity contribution < 1.29 is 9.59 Å². The zero-order valence-corrected chi connectivity index (χ0v) is 12.1. The summed E-state index contributed by atoms with van der Waals surface area (Å²) in [5, 5.41) is 3.20. The van der Waals surface area contributed by atoms with Crippen LogP contribution in [0.4, 0.5) is 0 Å². The number of rotatable bonds is 2. The minimum absolute atomic E-state index is 0.0437. The molecule has 1 atom stereocenters. The third-order valence-electron chi connectivity index (χ3n) is 2.85. The topological polar surface area (TPSA) is 49.4 Å². The van der Waals surface area contributed by atoms with Gasteiger partial charge in [-0.2, -0.15) is 0 Å². The number of amides is 2. The summed E-state index contributed by atoms with van der Waals surface area (Å²) in [4.78, 5) is 25.0. The number of carbonyl (C=O) groups excluding carboxylic acids is 2. The lowest BCUT2D eigenvalue weighted by molar-refractivity contribution is -0.126. The molecule has 1 aliphatic heterocycles. The average Bonchev–Trinajstić information content (AvgIpc) is 2.57. The monoisotopic (exact) mass is 330 g/mol. The molecule has 6 heteroatoms. The maximum absolute atomic E-state index is 12.0. The number of hydrogen-bond donors (Lipinski definition) is 1. The summed E-state index contributed by atoms with van der Waals surface area (Å²) < 4.78 is 0.819. The van der Waals surface area contributed by atoms with E-state index in [0.717, 1.165) is 4.47 Å². The largest absolute Gasteiger partial charge is 0.347 e.